The second-order valence-corrected chi connectivity index (χ2v) is 6.68. The monoisotopic (exact) mass is 384 g/mol. The van der Waals surface area contributed by atoms with Crippen molar-refractivity contribution in [2.45, 2.75) is 6.92 Å². The molecule has 0 spiro atoms. The van der Waals surface area contributed by atoms with Gasteiger partial charge in [0.2, 0.25) is 5.91 Å². The molecule has 0 atom stereocenters. The van der Waals surface area contributed by atoms with E-state index in [0.29, 0.717) is 11.3 Å². The van der Waals surface area contributed by atoms with Crippen LogP contribution in [0.25, 0.3) is 5.70 Å². The van der Waals surface area contributed by atoms with Gasteiger partial charge in [-0.25, -0.2) is 0 Å². The number of halogens is 1. The number of aryl methyl sites for hydroxylation is 1. The number of carbonyl (C=O) groups is 2. The normalized spacial score (nSPS) is 13.2. The van der Waals surface area contributed by atoms with Gasteiger partial charge in [-0.3, -0.25) is 14.5 Å². The highest BCUT2D eigenvalue weighted by Crippen LogP contribution is 2.31. The number of carbonyl (C=O) groups excluding carboxylic acids is 2. The SMILES string of the molecule is C=C1c2ccccc2C(=O)N1CC(=O)N(C)c1ccc(Br)cc1C. The van der Waals surface area contributed by atoms with Gasteiger partial charge in [0, 0.05) is 34.0 Å². The van der Waals surface area contributed by atoms with E-state index < -0.39 is 0 Å². The van der Waals surface area contributed by atoms with Gasteiger partial charge >= 0.3 is 0 Å². The van der Waals surface area contributed by atoms with E-state index >= 15 is 0 Å². The van der Waals surface area contributed by atoms with Gasteiger partial charge in [-0.05, 0) is 36.8 Å². The van der Waals surface area contributed by atoms with Crippen molar-refractivity contribution in [2.24, 2.45) is 0 Å². The van der Waals surface area contributed by atoms with Gasteiger partial charge in [-0.2, -0.15) is 0 Å². The van der Waals surface area contributed by atoms with Gasteiger partial charge in [0.25, 0.3) is 5.91 Å². The molecule has 1 aliphatic rings. The first kappa shape index (κ1) is 16.5. The highest BCUT2D eigenvalue weighted by Gasteiger charge is 2.32. The van der Waals surface area contributed by atoms with Crippen LogP contribution >= 0.6 is 15.9 Å². The van der Waals surface area contributed by atoms with Crippen LogP contribution in [0.2, 0.25) is 0 Å². The van der Waals surface area contributed by atoms with E-state index in [1.54, 1.807) is 18.0 Å². The standard InChI is InChI=1S/C19H17BrN2O2/c1-12-10-14(20)8-9-17(12)21(3)18(23)11-22-13(2)15-6-4-5-7-16(15)19(22)24/h4-10H,2,11H2,1,3H3. The maximum atomic E-state index is 12.7. The number of amides is 2. The smallest absolute Gasteiger partial charge is 0.259 e. The summed E-state index contributed by atoms with van der Waals surface area (Å²) in [5, 5.41) is 0. The van der Waals surface area contributed by atoms with Crippen molar-refractivity contribution in [3.05, 3.63) is 70.2 Å². The van der Waals surface area contributed by atoms with Crippen LogP contribution in [0.3, 0.4) is 0 Å². The minimum atomic E-state index is -0.176. The van der Waals surface area contributed by atoms with Crippen LogP contribution in [0.15, 0.2) is 53.5 Å². The summed E-state index contributed by atoms with van der Waals surface area (Å²) in [6.07, 6.45) is 0. The van der Waals surface area contributed by atoms with Crippen LogP contribution in [-0.4, -0.2) is 30.3 Å². The Balaban J connectivity index is 1.81. The highest BCUT2D eigenvalue weighted by molar-refractivity contribution is 9.10. The zero-order valence-corrected chi connectivity index (χ0v) is 15.1. The molecule has 4 nitrogen and oxygen atoms in total. The van der Waals surface area contributed by atoms with Gasteiger partial charge in [0.15, 0.2) is 0 Å². The Labute approximate surface area is 149 Å². The lowest BCUT2D eigenvalue weighted by molar-refractivity contribution is -0.118. The molecule has 0 saturated heterocycles. The number of benzene rings is 2. The fourth-order valence-corrected chi connectivity index (χ4v) is 3.35. The van der Waals surface area contributed by atoms with Crippen LogP contribution in [-0.2, 0) is 4.79 Å². The topological polar surface area (TPSA) is 40.6 Å². The molecular weight excluding hydrogens is 368 g/mol. The Kier molecular flexibility index (Phi) is 4.28. The van der Waals surface area contributed by atoms with Crippen LogP contribution in [0.5, 0.6) is 0 Å². The second-order valence-electron chi connectivity index (χ2n) is 5.77. The molecule has 0 N–H and O–H groups in total. The maximum absolute atomic E-state index is 12.7. The average molecular weight is 385 g/mol. The molecule has 24 heavy (non-hydrogen) atoms. The molecule has 1 heterocycles. The number of fused-ring (bicyclic) bond motifs is 1. The molecule has 0 unspecified atom stereocenters. The van der Waals surface area contributed by atoms with Gasteiger partial charge < -0.3 is 4.90 Å². The molecular formula is C19H17BrN2O2. The first-order valence-electron chi connectivity index (χ1n) is 7.53. The van der Waals surface area contributed by atoms with Crippen molar-refractivity contribution in [3.8, 4) is 0 Å². The maximum Gasteiger partial charge on any atom is 0.259 e. The minimum absolute atomic E-state index is 0.0294. The molecule has 0 saturated carbocycles. The number of hydrogen-bond acceptors (Lipinski definition) is 2. The molecule has 1 aliphatic heterocycles. The summed E-state index contributed by atoms with van der Waals surface area (Å²) >= 11 is 3.42. The van der Waals surface area contributed by atoms with Crippen molar-refractivity contribution in [1.29, 1.82) is 0 Å². The van der Waals surface area contributed by atoms with E-state index in [0.717, 1.165) is 21.3 Å². The fourth-order valence-electron chi connectivity index (χ4n) is 2.87. The quantitative estimate of drug-likeness (QED) is 0.806. The zero-order valence-electron chi connectivity index (χ0n) is 13.5. The second kappa shape index (κ2) is 6.24. The summed E-state index contributed by atoms with van der Waals surface area (Å²) in [6, 6.07) is 13.0. The van der Waals surface area contributed by atoms with Crippen LogP contribution in [0, 0.1) is 6.92 Å². The van der Waals surface area contributed by atoms with Gasteiger partial charge in [0.05, 0.1) is 0 Å². The predicted molar refractivity (Wildman–Crippen MR) is 98.8 cm³/mol. The Hall–Kier alpha value is -2.40. The van der Waals surface area contributed by atoms with E-state index in [-0.39, 0.29) is 18.4 Å². The highest BCUT2D eigenvalue weighted by atomic mass is 79.9. The third kappa shape index (κ3) is 2.76. The molecule has 2 aromatic rings. The molecule has 0 aromatic heterocycles. The van der Waals surface area contributed by atoms with Crippen molar-refractivity contribution >= 4 is 39.1 Å². The molecule has 122 valence electrons. The lowest BCUT2D eigenvalue weighted by atomic mass is 10.1. The van der Waals surface area contributed by atoms with Gasteiger partial charge in [0.1, 0.15) is 6.54 Å². The van der Waals surface area contributed by atoms with E-state index in [4.69, 9.17) is 0 Å². The number of likely N-dealkylation sites (N-methyl/N-ethyl adjacent to an activating group) is 1. The van der Waals surface area contributed by atoms with Crippen LogP contribution < -0.4 is 4.90 Å². The van der Waals surface area contributed by atoms with Crippen LogP contribution in [0.1, 0.15) is 21.5 Å². The first-order valence-corrected chi connectivity index (χ1v) is 8.32. The molecule has 3 rings (SSSR count). The van der Waals surface area contributed by atoms with Crippen LogP contribution in [0.4, 0.5) is 5.69 Å². The Morgan fingerprint density at radius 2 is 1.88 bits per heavy atom. The van der Waals surface area contributed by atoms with E-state index in [2.05, 4.69) is 22.5 Å². The molecule has 2 aromatic carbocycles. The molecule has 0 bridgehead atoms. The van der Waals surface area contributed by atoms with E-state index in [9.17, 15) is 9.59 Å². The van der Waals surface area contributed by atoms with E-state index in [1.807, 2.05) is 43.3 Å². The van der Waals surface area contributed by atoms with Crippen molar-refractivity contribution in [3.63, 3.8) is 0 Å². The summed E-state index contributed by atoms with van der Waals surface area (Å²) in [4.78, 5) is 28.2. The predicted octanol–water partition coefficient (Wildman–Crippen LogP) is 3.85. The van der Waals surface area contributed by atoms with Crippen molar-refractivity contribution in [2.75, 3.05) is 18.5 Å². The number of anilines is 1. The summed E-state index contributed by atoms with van der Waals surface area (Å²) in [6.45, 7) is 5.88. The fraction of sp³-hybridized carbons (Fsp3) is 0.158. The number of nitrogens with zero attached hydrogens (tertiary/aromatic N) is 2. The molecule has 0 aliphatic carbocycles. The molecule has 5 heteroatoms. The first-order chi connectivity index (χ1) is 11.4. The third-order valence-electron chi connectivity index (χ3n) is 4.23. The van der Waals surface area contributed by atoms with Gasteiger partial charge in [-0.1, -0.05) is 40.7 Å². The summed E-state index contributed by atoms with van der Waals surface area (Å²) in [5.74, 6) is -0.340. The minimum Gasteiger partial charge on any atom is -0.314 e. The lowest BCUT2D eigenvalue weighted by Gasteiger charge is -2.23. The Bertz CT molecular complexity index is 825. The summed E-state index contributed by atoms with van der Waals surface area (Å²) in [7, 11) is 1.72. The summed E-state index contributed by atoms with van der Waals surface area (Å²) in [5.41, 5.74) is 3.76. The molecule has 0 radical (unpaired) electrons. The molecule has 2 amide bonds. The Morgan fingerprint density at radius 3 is 2.50 bits per heavy atom. The molecule has 0 fully saturated rings. The average Bonchev–Trinajstić information content (AvgIpc) is 2.80. The third-order valence-corrected chi connectivity index (χ3v) is 4.72. The Morgan fingerprint density at radius 1 is 1.21 bits per heavy atom. The van der Waals surface area contributed by atoms with Gasteiger partial charge in [-0.15, -0.1) is 0 Å². The lowest BCUT2D eigenvalue weighted by Crippen LogP contribution is -2.38. The van der Waals surface area contributed by atoms with E-state index in [1.165, 1.54) is 4.90 Å². The number of hydrogen-bond donors (Lipinski definition) is 0. The largest absolute Gasteiger partial charge is 0.314 e. The van der Waals surface area contributed by atoms with Crippen molar-refractivity contribution in [1.82, 2.24) is 4.90 Å². The zero-order chi connectivity index (χ0) is 17.4. The number of rotatable bonds is 3. The summed E-state index contributed by atoms with van der Waals surface area (Å²) < 4.78 is 0.961. The van der Waals surface area contributed by atoms with Crippen molar-refractivity contribution < 1.29 is 9.59 Å².